The van der Waals surface area contributed by atoms with Crippen LogP contribution in [0.3, 0.4) is 0 Å². The van der Waals surface area contributed by atoms with Gasteiger partial charge in [0.2, 0.25) is 5.91 Å². The van der Waals surface area contributed by atoms with Gasteiger partial charge in [-0.3, -0.25) is 4.79 Å². The Hall–Kier alpha value is -3.73. The van der Waals surface area contributed by atoms with Crippen LogP contribution in [-0.2, 0) is 20.8 Å². The predicted octanol–water partition coefficient (Wildman–Crippen LogP) is -0.0271. The molecule has 0 bridgehead atoms. The molecule has 3 amide bonds. The Morgan fingerprint density at radius 3 is 2.10 bits per heavy atom. The van der Waals surface area contributed by atoms with Gasteiger partial charge in [0, 0.05) is 39.3 Å². The van der Waals surface area contributed by atoms with Crippen LogP contribution < -0.4 is 5.32 Å². The topological polar surface area (TPSA) is 195 Å². The Morgan fingerprint density at radius 1 is 1.05 bits per heavy atom. The van der Waals surface area contributed by atoms with E-state index in [9.17, 15) is 24.4 Å². The molecule has 3 unspecified atom stereocenters. The minimum Gasteiger partial charge on any atom is -0.479 e. The van der Waals surface area contributed by atoms with E-state index in [1.807, 2.05) is 11.0 Å². The molecule has 6 atom stereocenters. The second-order valence-electron chi connectivity index (χ2n) is 11.2. The summed E-state index contributed by atoms with van der Waals surface area (Å²) in [5.41, 5.74) is 1.11. The Kier molecular flexibility index (Phi) is 10.7. The zero-order valence-electron chi connectivity index (χ0n) is 23.3. The van der Waals surface area contributed by atoms with Gasteiger partial charge in [0.1, 0.15) is 6.04 Å². The summed E-state index contributed by atoms with van der Waals surface area (Å²) in [6.45, 7) is 2.52. The van der Waals surface area contributed by atoms with Crippen LogP contribution in [0.4, 0.5) is 4.79 Å². The predicted molar refractivity (Wildman–Crippen MR) is 145 cm³/mol. The number of hydrogen-bond acceptors (Lipinski definition) is 8. The number of likely N-dealkylation sites (tertiary alicyclic amines) is 2. The number of carboxylic acid groups (broad SMARTS) is 2. The van der Waals surface area contributed by atoms with Crippen LogP contribution in [0.5, 0.6) is 0 Å². The molecule has 13 heteroatoms. The third-order valence-electron chi connectivity index (χ3n) is 8.06. The molecule has 3 aliphatic rings. The monoisotopic (exact) mass is 573 g/mol. The van der Waals surface area contributed by atoms with Gasteiger partial charge in [0.25, 0.3) is 0 Å². The molecule has 224 valence electrons. The standard InChI is InChI=1S/C24H33N5O2.C4H6O6/c1-27(2)23(31)28-16-19-12-24(13-20(19)17-28,11-18-7-4-3-5-8-18)26-15-22(30)29-10-6-9-21(29)14-25;5-1(3(7)8)2(6)4(9)10/h3-5,7-8,19-21,26H,6,9-13,15-17H2,1-2H3;1-2,5-6H,(H,7,8)(H,9,10)/t19-,20+,21-,24?;/m0./s1. The van der Waals surface area contributed by atoms with Gasteiger partial charge >= 0.3 is 18.0 Å². The number of nitrogens with zero attached hydrogens (tertiary/aromatic N) is 4. The van der Waals surface area contributed by atoms with Crippen molar-refractivity contribution in [1.29, 1.82) is 5.26 Å². The minimum absolute atomic E-state index is 0.0259. The second-order valence-corrected chi connectivity index (χ2v) is 11.2. The summed E-state index contributed by atoms with van der Waals surface area (Å²) in [5, 5.41) is 45.5. The van der Waals surface area contributed by atoms with Crippen LogP contribution in [0.2, 0.25) is 0 Å². The van der Waals surface area contributed by atoms with Gasteiger partial charge in [-0.15, -0.1) is 0 Å². The molecular formula is C28H39N5O8. The van der Waals surface area contributed by atoms with Crippen LogP contribution >= 0.6 is 0 Å². The molecule has 0 spiro atoms. The maximum absolute atomic E-state index is 12.9. The molecule has 41 heavy (non-hydrogen) atoms. The first-order valence-corrected chi connectivity index (χ1v) is 13.6. The molecule has 0 radical (unpaired) electrons. The Bertz CT molecular complexity index is 1110. The van der Waals surface area contributed by atoms with E-state index in [0.29, 0.717) is 18.4 Å². The normalized spacial score (nSPS) is 26.3. The fraction of sp³-hybridized carbons (Fsp3) is 0.607. The van der Waals surface area contributed by atoms with E-state index in [1.165, 1.54) is 5.56 Å². The van der Waals surface area contributed by atoms with Crippen LogP contribution in [0.25, 0.3) is 0 Å². The fourth-order valence-electron chi connectivity index (χ4n) is 6.10. The van der Waals surface area contributed by atoms with Gasteiger partial charge in [0.15, 0.2) is 12.2 Å². The molecule has 4 rings (SSSR count). The Morgan fingerprint density at radius 2 is 1.61 bits per heavy atom. The second kappa shape index (κ2) is 13.8. The minimum atomic E-state index is -2.27. The van der Waals surface area contributed by atoms with E-state index in [1.54, 1.807) is 23.9 Å². The Labute approximate surface area is 238 Å². The average Bonchev–Trinajstić information content (AvgIpc) is 3.65. The first-order valence-electron chi connectivity index (χ1n) is 13.6. The third kappa shape index (κ3) is 7.93. The number of aliphatic hydroxyl groups is 2. The highest BCUT2D eigenvalue weighted by Gasteiger charge is 2.50. The van der Waals surface area contributed by atoms with Crippen LogP contribution in [-0.4, -0.2) is 123 Å². The van der Waals surface area contributed by atoms with Crippen molar-refractivity contribution < 1.29 is 39.6 Å². The lowest BCUT2D eigenvalue weighted by Gasteiger charge is -2.34. The molecular weight excluding hydrogens is 534 g/mol. The number of aliphatic hydroxyl groups excluding tert-OH is 2. The molecule has 1 aromatic rings. The number of amides is 3. The number of fused-ring (bicyclic) bond motifs is 1. The highest BCUT2D eigenvalue weighted by Crippen LogP contribution is 2.45. The summed E-state index contributed by atoms with van der Waals surface area (Å²) >= 11 is 0. The first kappa shape index (κ1) is 31.8. The molecule has 2 aliphatic heterocycles. The van der Waals surface area contributed by atoms with Gasteiger partial charge in [-0.25, -0.2) is 14.4 Å². The summed E-state index contributed by atoms with van der Waals surface area (Å²) in [5.74, 6) is -2.61. The van der Waals surface area contributed by atoms with Crippen molar-refractivity contribution in [2.45, 2.75) is 55.9 Å². The fourth-order valence-corrected chi connectivity index (χ4v) is 6.10. The summed E-state index contributed by atoms with van der Waals surface area (Å²) in [6.07, 6.45) is -0.0689. The van der Waals surface area contributed by atoms with Crippen molar-refractivity contribution in [2.75, 3.05) is 40.3 Å². The van der Waals surface area contributed by atoms with Gasteiger partial charge in [0.05, 0.1) is 12.6 Å². The summed E-state index contributed by atoms with van der Waals surface area (Å²) < 4.78 is 0. The number of carboxylic acids is 2. The van der Waals surface area contributed by atoms with Crippen molar-refractivity contribution in [3.63, 3.8) is 0 Å². The molecule has 1 saturated carbocycles. The largest absolute Gasteiger partial charge is 0.479 e. The van der Waals surface area contributed by atoms with E-state index in [2.05, 4.69) is 35.7 Å². The lowest BCUT2D eigenvalue weighted by Crippen LogP contribution is -2.51. The number of carbonyl (C=O) groups excluding carboxylic acids is 2. The van der Waals surface area contributed by atoms with Gasteiger partial charge in [-0.1, -0.05) is 30.3 Å². The van der Waals surface area contributed by atoms with E-state index in [4.69, 9.17) is 20.4 Å². The molecule has 0 aromatic heterocycles. The zero-order valence-corrected chi connectivity index (χ0v) is 23.3. The maximum Gasteiger partial charge on any atom is 0.335 e. The van der Waals surface area contributed by atoms with E-state index < -0.39 is 24.1 Å². The molecule has 1 aromatic carbocycles. The highest BCUT2D eigenvalue weighted by atomic mass is 16.4. The van der Waals surface area contributed by atoms with Crippen molar-refractivity contribution >= 4 is 23.9 Å². The van der Waals surface area contributed by atoms with E-state index in [0.717, 1.165) is 45.2 Å². The number of nitrogens with one attached hydrogen (secondary N) is 1. The molecule has 2 saturated heterocycles. The summed E-state index contributed by atoms with van der Waals surface area (Å²) in [4.78, 5) is 50.2. The van der Waals surface area contributed by atoms with Crippen LogP contribution in [0.15, 0.2) is 30.3 Å². The van der Waals surface area contributed by atoms with Gasteiger partial charge in [-0.05, 0) is 49.5 Å². The number of rotatable bonds is 8. The lowest BCUT2D eigenvalue weighted by atomic mass is 9.87. The number of hydrogen-bond donors (Lipinski definition) is 5. The van der Waals surface area contributed by atoms with Crippen molar-refractivity contribution in [2.24, 2.45) is 11.8 Å². The number of nitriles is 1. The van der Waals surface area contributed by atoms with Crippen molar-refractivity contribution in [3.8, 4) is 6.07 Å². The van der Waals surface area contributed by atoms with Gasteiger partial charge in [-0.2, -0.15) is 5.26 Å². The summed E-state index contributed by atoms with van der Waals surface area (Å²) in [7, 11) is 3.60. The maximum atomic E-state index is 12.9. The molecule has 13 nitrogen and oxygen atoms in total. The molecule has 2 heterocycles. The smallest absolute Gasteiger partial charge is 0.335 e. The van der Waals surface area contributed by atoms with Crippen molar-refractivity contribution in [1.82, 2.24) is 20.0 Å². The SMILES string of the molecule is CN(C)C(=O)N1C[C@@H]2CC(Cc3ccccc3)(NCC(=O)N3CCC[C@H]3C#N)C[C@@H]2C1.O=C(O)C(O)C(O)C(=O)O. The average molecular weight is 574 g/mol. The van der Waals surface area contributed by atoms with E-state index >= 15 is 0 Å². The zero-order chi connectivity index (χ0) is 30.3. The molecule has 3 fully saturated rings. The first-order chi connectivity index (χ1) is 19.4. The van der Waals surface area contributed by atoms with Gasteiger partial charge < -0.3 is 40.4 Å². The Balaban J connectivity index is 0.000000397. The van der Waals surface area contributed by atoms with Crippen LogP contribution in [0.1, 0.15) is 31.2 Å². The number of aliphatic carboxylic acids is 2. The molecule has 1 aliphatic carbocycles. The quantitative estimate of drug-likeness (QED) is 0.282. The van der Waals surface area contributed by atoms with Crippen LogP contribution in [0, 0.1) is 23.2 Å². The molecule has 5 N–H and O–H groups in total. The summed E-state index contributed by atoms with van der Waals surface area (Å²) in [6, 6.07) is 12.5. The van der Waals surface area contributed by atoms with E-state index in [-0.39, 0.29) is 30.1 Å². The number of carbonyl (C=O) groups is 4. The number of urea groups is 1. The lowest BCUT2D eigenvalue weighted by molar-refractivity contribution is -0.165. The van der Waals surface area contributed by atoms with Crippen molar-refractivity contribution in [3.05, 3.63) is 35.9 Å². The highest BCUT2D eigenvalue weighted by molar-refractivity contribution is 5.83. The number of benzene rings is 1. The third-order valence-corrected chi connectivity index (χ3v) is 8.06.